The summed E-state index contributed by atoms with van der Waals surface area (Å²) in [6, 6.07) is 5.03. The molecule has 3 fully saturated rings. The van der Waals surface area contributed by atoms with Crippen molar-refractivity contribution in [3.63, 3.8) is 0 Å². The van der Waals surface area contributed by atoms with Gasteiger partial charge in [0.2, 0.25) is 0 Å². The third kappa shape index (κ3) is 3.80. The van der Waals surface area contributed by atoms with E-state index in [2.05, 4.69) is 4.90 Å². The molecule has 6 heteroatoms. The summed E-state index contributed by atoms with van der Waals surface area (Å²) in [6.07, 6.45) is 5.19. The zero-order valence-electron chi connectivity index (χ0n) is 15.8. The number of ketones is 1. The standard InChI is InChI=1S/C21H27FN2O3/c1-14(25)6-8-18-13-24(21(26)27-18)17-7-9-20(19(22)10-17)23-11-15-4-2-3-5-16(15)12-23/h7,9-10,15-16,18H,2-6,8,11-13H2,1H3/t15?,16?,18-/m0/s1. The number of rotatable bonds is 5. The number of hydrogen-bond donors (Lipinski definition) is 0. The number of cyclic esters (lactones) is 1. The number of Topliss-reactive ketones (excluding diaryl/α,β-unsaturated/α-hetero) is 1. The lowest BCUT2D eigenvalue weighted by molar-refractivity contribution is -0.117. The second kappa shape index (κ2) is 7.49. The first-order valence-corrected chi connectivity index (χ1v) is 10.0. The molecule has 4 rings (SSSR count). The minimum Gasteiger partial charge on any atom is -0.444 e. The Morgan fingerprint density at radius 2 is 1.89 bits per heavy atom. The fraction of sp³-hybridized carbons (Fsp3) is 0.619. The lowest BCUT2D eigenvalue weighted by atomic mass is 9.82. The Morgan fingerprint density at radius 1 is 1.19 bits per heavy atom. The molecule has 2 unspecified atom stereocenters. The Morgan fingerprint density at radius 3 is 2.52 bits per heavy atom. The van der Waals surface area contributed by atoms with Crippen LogP contribution in [0.3, 0.4) is 0 Å². The van der Waals surface area contributed by atoms with Gasteiger partial charge in [0.25, 0.3) is 0 Å². The van der Waals surface area contributed by atoms with Crippen molar-refractivity contribution in [2.24, 2.45) is 11.8 Å². The Bertz CT molecular complexity index is 724. The fourth-order valence-electron chi connectivity index (χ4n) is 4.77. The summed E-state index contributed by atoms with van der Waals surface area (Å²) < 4.78 is 20.2. The van der Waals surface area contributed by atoms with E-state index in [1.807, 2.05) is 0 Å². The normalized spacial score (nSPS) is 27.6. The van der Waals surface area contributed by atoms with E-state index in [0.717, 1.165) is 13.1 Å². The zero-order chi connectivity index (χ0) is 19.0. The molecule has 3 aliphatic rings. The van der Waals surface area contributed by atoms with Crippen molar-refractivity contribution in [2.75, 3.05) is 29.4 Å². The molecule has 0 spiro atoms. The zero-order valence-corrected chi connectivity index (χ0v) is 15.8. The van der Waals surface area contributed by atoms with E-state index in [4.69, 9.17) is 4.74 Å². The van der Waals surface area contributed by atoms with Crippen LogP contribution in [0.15, 0.2) is 18.2 Å². The molecule has 2 saturated heterocycles. The van der Waals surface area contributed by atoms with Gasteiger partial charge in [-0.3, -0.25) is 4.90 Å². The van der Waals surface area contributed by atoms with Crippen molar-refractivity contribution < 1.29 is 18.7 Å². The molecule has 1 amide bonds. The molecule has 0 bridgehead atoms. The van der Waals surface area contributed by atoms with Crippen LogP contribution in [-0.2, 0) is 9.53 Å². The van der Waals surface area contributed by atoms with E-state index < -0.39 is 6.09 Å². The summed E-state index contributed by atoms with van der Waals surface area (Å²) >= 11 is 0. The summed E-state index contributed by atoms with van der Waals surface area (Å²) in [5, 5.41) is 0. The van der Waals surface area contributed by atoms with Crippen molar-refractivity contribution in [1.29, 1.82) is 0 Å². The van der Waals surface area contributed by atoms with Gasteiger partial charge < -0.3 is 14.4 Å². The maximum absolute atomic E-state index is 14.8. The lowest BCUT2D eigenvalue weighted by Crippen LogP contribution is -2.25. The van der Waals surface area contributed by atoms with Gasteiger partial charge in [0.1, 0.15) is 17.7 Å². The molecule has 5 nitrogen and oxygen atoms in total. The second-order valence-corrected chi connectivity index (χ2v) is 8.20. The minimum absolute atomic E-state index is 0.0751. The number of halogens is 1. The predicted octanol–water partition coefficient (Wildman–Crippen LogP) is 4.15. The topological polar surface area (TPSA) is 49.9 Å². The van der Waals surface area contributed by atoms with E-state index in [1.165, 1.54) is 43.6 Å². The molecule has 146 valence electrons. The van der Waals surface area contributed by atoms with E-state index in [-0.39, 0.29) is 17.7 Å². The third-order valence-corrected chi connectivity index (χ3v) is 6.25. The summed E-state index contributed by atoms with van der Waals surface area (Å²) in [7, 11) is 0. The number of anilines is 2. The van der Waals surface area contributed by atoms with Crippen LogP contribution in [-0.4, -0.2) is 37.6 Å². The summed E-state index contributed by atoms with van der Waals surface area (Å²) in [5.74, 6) is 1.17. The van der Waals surface area contributed by atoms with Crippen LogP contribution in [0.25, 0.3) is 0 Å². The van der Waals surface area contributed by atoms with Gasteiger partial charge in [0.05, 0.1) is 17.9 Å². The summed E-state index contributed by atoms with van der Waals surface area (Å²) in [4.78, 5) is 26.9. The highest BCUT2D eigenvalue weighted by atomic mass is 19.1. The van der Waals surface area contributed by atoms with Crippen LogP contribution in [0.4, 0.5) is 20.6 Å². The minimum atomic E-state index is -0.470. The van der Waals surface area contributed by atoms with Crippen LogP contribution in [0.1, 0.15) is 45.4 Å². The first kappa shape index (κ1) is 18.3. The van der Waals surface area contributed by atoms with E-state index in [9.17, 15) is 14.0 Å². The first-order valence-electron chi connectivity index (χ1n) is 10.0. The average molecular weight is 374 g/mol. The van der Waals surface area contributed by atoms with Gasteiger partial charge in [-0.15, -0.1) is 0 Å². The van der Waals surface area contributed by atoms with Crippen LogP contribution in [0.2, 0.25) is 0 Å². The van der Waals surface area contributed by atoms with Crippen molar-refractivity contribution in [1.82, 2.24) is 0 Å². The second-order valence-electron chi connectivity index (χ2n) is 8.20. The molecule has 1 aliphatic carbocycles. The van der Waals surface area contributed by atoms with E-state index in [0.29, 0.717) is 42.6 Å². The number of amides is 1. The highest BCUT2D eigenvalue weighted by molar-refractivity contribution is 5.90. The number of carbonyl (C=O) groups is 2. The molecule has 1 saturated carbocycles. The van der Waals surface area contributed by atoms with E-state index in [1.54, 1.807) is 12.1 Å². The van der Waals surface area contributed by atoms with Crippen molar-refractivity contribution in [3.05, 3.63) is 24.0 Å². The summed E-state index contributed by atoms with van der Waals surface area (Å²) in [5.41, 5.74) is 1.15. The lowest BCUT2D eigenvalue weighted by Gasteiger charge is -2.22. The quantitative estimate of drug-likeness (QED) is 0.777. The van der Waals surface area contributed by atoms with Crippen LogP contribution in [0.5, 0.6) is 0 Å². The molecule has 27 heavy (non-hydrogen) atoms. The summed E-state index contributed by atoms with van der Waals surface area (Å²) in [6.45, 7) is 3.75. The maximum Gasteiger partial charge on any atom is 0.414 e. The van der Waals surface area contributed by atoms with Gasteiger partial charge in [0.15, 0.2) is 0 Å². The van der Waals surface area contributed by atoms with Crippen LogP contribution < -0.4 is 9.80 Å². The largest absolute Gasteiger partial charge is 0.444 e. The molecule has 2 heterocycles. The van der Waals surface area contributed by atoms with Gasteiger partial charge in [-0.25, -0.2) is 9.18 Å². The smallest absolute Gasteiger partial charge is 0.414 e. The van der Waals surface area contributed by atoms with Crippen LogP contribution >= 0.6 is 0 Å². The van der Waals surface area contributed by atoms with E-state index >= 15 is 0 Å². The number of fused-ring (bicyclic) bond motifs is 1. The van der Waals surface area contributed by atoms with Crippen molar-refractivity contribution in [2.45, 2.75) is 51.6 Å². The van der Waals surface area contributed by atoms with Crippen molar-refractivity contribution in [3.8, 4) is 0 Å². The Hall–Kier alpha value is -2.11. The van der Waals surface area contributed by atoms with Gasteiger partial charge >= 0.3 is 6.09 Å². The molecule has 2 aliphatic heterocycles. The monoisotopic (exact) mass is 374 g/mol. The highest BCUT2D eigenvalue weighted by Gasteiger charge is 2.36. The molecule has 0 aromatic heterocycles. The number of hydrogen-bond acceptors (Lipinski definition) is 4. The SMILES string of the molecule is CC(=O)CC[C@H]1CN(c2ccc(N3CC4CCCCC4C3)c(F)c2)C(=O)O1. The third-order valence-electron chi connectivity index (χ3n) is 6.25. The van der Waals surface area contributed by atoms with Gasteiger partial charge in [0, 0.05) is 19.5 Å². The number of carbonyl (C=O) groups excluding carboxylic acids is 2. The Kier molecular flexibility index (Phi) is 5.06. The molecule has 0 radical (unpaired) electrons. The first-order chi connectivity index (χ1) is 13.0. The Labute approximate surface area is 159 Å². The molecular weight excluding hydrogens is 347 g/mol. The molecular formula is C21H27FN2O3. The van der Waals surface area contributed by atoms with Gasteiger partial charge in [-0.05, 0) is 56.2 Å². The predicted molar refractivity (Wildman–Crippen MR) is 102 cm³/mol. The number of ether oxygens (including phenoxy) is 1. The number of nitrogens with zero attached hydrogens (tertiary/aromatic N) is 2. The molecule has 0 N–H and O–H groups in total. The average Bonchev–Trinajstić information content (AvgIpc) is 3.23. The number of benzene rings is 1. The highest BCUT2D eigenvalue weighted by Crippen LogP contribution is 2.39. The maximum atomic E-state index is 14.8. The van der Waals surface area contributed by atoms with Gasteiger partial charge in [-0.1, -0.05) is 12.8 Å². The molecule has 3 atom stereocenters. The Balaban J connectivity index is 1.44. The van der Waals surface area contributed by atoms with Crippen LogP contribution in [0, 0.1) is 17.7 Å². The molecule has 1 aromatic rings. The molecule has 1 aromatic carbocycles. The van der Waals surface area contributed by atoms with Crippen molar-refractivity contribution >= 4 is 23.3 Å². The van der Waals surface area contributed by atoms with Gasteiger partial charge in [-0.2, -0.15) is 0 Å². The fourth-order valence-corrected chi connectivity index (χ4v) is 4.77.